The first kappa shape index (κ1) is 7.46. The van der Waals surface area contributed by atoms with Gasteiger partial charge in [-0.05, 0) is 6.04 Å². The van der Waals surface area contributed by atoms with Crippen molar-refractivity contribution in [3.05, 3.63) is 0 Å². The van der Waals surface area contributed by atoms with E-state index in [4.69, 9.17) is 8.23 Å². The van der Waals surface area contributed by atoms with E-state index >= 15 is 0 Å². The van der Waals surface area contributed by atoms with Crippen molar-refractivity contribution in [2.45, 2.75) is 32.2 Å². The van der Waals surface area contributed by atoms with E-state index in [1.807, 2.05) is 0 Å². The van der Waals surface area contributed by atoms with E-state index in [0.29, 0.717) is 0 Å². The van der Waals surface area contributed by atoms with Gasteiger partial charge in [0.05, 0.1) is 0 Å². The van der Waals surface area contributed by atoms with Crippen LogP contribution in [0, 0.1) is 0 Å². The molecule has 0 spiro atoms. The topological polar surface area (TPSA) is 18.5 Å². The lowest BCUT2D eigenvalue weighted by Gasteiger charge is -2.25. The summed E-state index contributed by atoms with van der Waals surface area (Å²) < 4.78 is 10.7. The Morgan fingerprint density at radius 3 is 2.56 bits per heavy atom. The minimum Gasteiger partial charge on any atom is -0.422 e. The molecular weight excluding hydrogens is 148 g/mol. The van der Waals surface area contributed by atoms with Crippen molar-refractivity contribution in [1.82, 2.24) is 0 Å². The largest absolute Gasteiger partial charge is 0.422 e. The first-order valence-electron chi connectivity index (χ1n) is 3.66. The monoisotopic (exact) mass is 162 g/mol. The van der Waals surface area contributed by atoms with Crippen LogP contribution in [0.15, 0.2) is 0 Å². The van der Waals surface area contributed by atoms with E-state index in [-0.39, 0.29) is 0 Å². The van der Waals surface area contributed by atoms with Crippen molar-refractivity contribution in [2.24, 2.45) is 0 Å². The summed E-state index contributed by atoms with van der Waals surface area (Å²) >= 11 is 0. The van der Waals surface area contributed by atoms with Gasteiger partial charge in [-0.1, -0.05) is 26.2 Å². The zero-order chi connectivity index (χ0) is 6.53. The van der Waals surface area contributed by atoms with E-state index < -0.39 is 19.3 Å². The Hall–Kier alpha value is 0.354. The average molecular weight is 162 g/mol. The van der Waals surface area contributed by atoms with Crippen LogP contribution in [0.4, 0.5) is 0 Å². The second-order valence-corrected chi connectivity index (χ2v) is 6.72. The van der Waals surface area contributed by atoms with E-state index in [1.165, 1.54) is 25.3 Å². The van der Waals surface area contributed by atoms with Gasteiger partial charge >= 0.3 is 9.28 Å². The molecule has 0 aliphatic carbocycles. The molecule has 54 valence electrons. The van der Waals surface area contributed by atoms with Gasteiger partial charge in [0, 0.05) is 0 Å². The predicted molar refractivity (Wildman–Crippen MR) is 42.2 cm³/mol. The van der Waals surface area contributed by atoms with Crippen LogP contribution in [-0.2, 0) is 8.23 Å². The molecule has 0 aromatic carbocycles. The second-order valence-electron chi connectivity index (χ2n) is 2.38. The molecule has 1 heterocycles. The third-order valence-electron chi connectivity index (χ3n) is 1.55. The van der Waals surface area contributed by atoms with Crippen LogP contribution in [0.1, 0.15) is 26.2 Å². The molecule has 1 rings (SSSR count). The van der Waals surface area contributed by atoms with Crippen molar-refractivity contribution in [1.29, 1.82) is 0 Å². The minimum atomic E-state index is -0.971. The van der Waals surface area contributed by atoms with Crippen LogP contribution in [0.25, 0.3) is 0 Å². The molecule has 1 aliphatic heterocycles. The minimum absolute atomic E-state index is 0.415. The number of hydrogen-bond donors (Lipinski definition) is 0. The fourth-order valence-corrected chi connectivity index (χ4v) is 4.16. The molecule has 2 nitrogen and oxygen atoms in total. The summed E-state index contributed by atoms with van der Waals surface area (Å²) in [5.41, 5.74) is 0. The Labute approximate surface area is 60.5 Å². The summed E-state index contributed by atoms with van der Waals surface area (Å²) in [5.74, 6) is 0. The SMILES string of the molecule is CCCCC[SiH]1O[SiH2]O1. The summed E-state index contributed by atoms with van der Waals surface area (Å²) in [4.78, 5) is 0. The van der Waals surface area contributed by atoms with Crippen molar-refractivity contribution < 1.29 is 8.23 Å². The van der Waals surface area contributed by atoms with E-state index in [1.54, 1.807) is 0 Å². The Bertz CT molecular complexity index is 75.4. The molecular formula is C5H14O2Si2. The lowest BCUT2D eigenvalue weighted by atomic mass is 10.3. The summed E-state index contributed by atoms with van der Waals surface area (Å²) in [5, 5.41) is 0. The van der Waals surface area contributed by atoms with Crippen LogP contribution < -0.4 is 0 Å². The highest BCUT2D eigenvalue weighted by atomic mass is 28.4. The molecule has 1 saturated heterocycles. The second kappa shape index (κ2) is 4.21. The van der Waals surface area contributed by atoms with Crippen molar-refractivity contribution in [2.75, 3.05) is 0 Å². The third-order valence-corrected chi connectivity index (χ3v) is 6.49. The first-order chi connectivity index (χ1) is 4.43. The Morgan fingerprint density at radius 1 is 1.33 bits per heavy atom. The standard InChI is InChI=1S/C5H14O2Si2/c1-2-3-4-5-9-6-8-7-9/h9H,2-5,8H2,1H3. The van der Waals surface area contributed by atoms with Gasteiger partial charge in [-0.2, -0.15) is 0 Å². The van der Waals surface area contributed by atoms with Gasteiger partial charge < -0.3 is 8.23 Å². The van der Waals surface area contributed by atoms with Crippen LogP contribution in [0.5, 0.6) is 0 Å². The molecule has 0 saturated carbocycles. The molecule has 0 atom stereocenters. The molecule has 0 aromatic rings. The fraction of sp³-hybridized carbons (Fsp3) is 1.00. The van der Waals surface area contributed by atoms with Crippen LogP contribution >= 0.6 is 0 Å². The Balaban J connectivity index is 1.80. The van der Waals surface area contributed by atoms with Gasteiger partial charge in [-0.25, -0.2) is 0 Å². The zero-order valence-electron chi connectivity index (χ0n) is 5.93. The van der Waals surface area contributed by atoms with Gasteiger partial charge in [-0.3, -0.25) is 0 Å². The smallest absolute Gasteiger partial charge is 0.303 e. The Kier molecular flexibility index (Phi) is 3.49. The van der Waals surface area contributed by atoms with E-state index in [0.717, 1.165) is 0 Å². The average Bonchev–Trinajstić information content (AvgIpc) is 1.76. The van der Waals surface area contributed by atoms with Crippen LogP contribution in [-0.4, -0.2) is 19.3 Å². The summed E-state index contributed by atoms with van der Waals surface area (Å²) in [6.45, 7) is 2.22. The quantitative estimate of drug-likeness (QED) is 0.441. The van der Waals surface area contributed by atoms with E-state index in [2.05, 4.69) is 6.92 Å². The molecule has 0 aromatic heterocycles. The van der Waals surface area contributed by atoms with Gasteiger partial charge in [0.2, 0.25) is 0 Å². The summed E-state index contributed by atoms with van der Waals surface area (Å²) in [7, 11) is -1.39. The number of hydrogen-bond acceptors (Lipinski definition) is 2. The zero-order valence-corrected chi connectivity index (χ0v) is 8.50. The lowest BCUT2D eigenvalue weighted by molar-refractivity contribution is 0.309. The molecule has 4 heteroatoms. The maximum Gasteiger partial charge on any atom is 0.303 e. The third kappa shape index (κ3) is 2.62. The molecule has 0 unspecified atom stereocenters. The van der Waals surface area contributed by atoms with Crippen LogP contribution in [0.2, 0.25) is 6.04 Å². The molecule has 1 aliphatic rings. The van der Waals surface area contributed by atoms with Gasteiger partial charge in [0.15, 0.2) is 0 Å². The molecule has 1 fully saturated rings. The van der Waals surface area contributed by atoms with Crippen LogP contribution in [0.3, 0.4) is 0 Å². The number of unbranched alkanes of at least 4 members (excludes halogenated alkanes) is 2. The molecule has 0 N–H and O–H groups in total. The highest BCUT2D eigenvalue weighted by molar-refractivity contribution is 6.64. The maximum atomic E-state index is 5.33. The van der Waals surface area contributed by atoms with Gasteiger partial charge in [0.1, 0.15) is 0 Å². The lowest BCUT2D eigenvalue weighted by Crippen LogP contribution is -2.38. The highest BCUT2D eigenvalue weighted by Crippen LogP contribution is 2.10. The highest BCUT2D eigenvalue weighted by Gasteiger charge is 2.20. The van der Waals surface area contributed by atoms with E-state index in [9.17, 15) is 0 Å². The summed E-state index contributed by atoms with van der Waals surface area (Å²) in [6.07, 6.45) is 3.97. The molecule has 0 bridgehead atoms. The molecule has 9 heavy (non-hydrogen) atoms. The normalized spacial score (nSPS) is 28.3. The van der Waals surface area contributed by atoms with Crippen molar-refractivity contribution in [3.63, 3.8) is 0 Å². The van der Waals surface area contributed by atoms with Crippen molar-refractivity contribution >= 4 is 19.3 Å². The van der Waals surface area contributed by atoms with Crippen molar-refractivity contribution in [3.8, 4) is 0 Å². The number of rotatable bonds is 4. The predicted octanol–water partition coefficient (Wildman–Crippen LogP) is 0.443. The van der Waals surface area contributed by atoms with Gasteiger partial charge in [-0.15, -0.1) is 0 Å². The molecule has 0 radical (unpaired) electrons. The Morgan fingerprint density at radius 2 is 2.11 bits per heavy atom. The summed E-state index contributed by atoms with van der Waals surface area (Å²) in [6, 6.07) is 1.25. The fourth-order valence-electron chi connectivity index (χ4n) is 0.892. The van der Waals surface area contributed by atoms with Gasteiger partial charge in [0.25, 0.3) is 10.0 Å². The maximum absolute atomic E-state index is 5.33. The molecule has 0 amide bonds. The first-order valence-corrected chi connectivity index (χ1v) is 6.58.